The van der Waals surface area contributed by atoms with E-state index in [1.54, 1.807) is 0 Å². The molecule has 0 rings (SSSR count). The van der Waals surface area contributed by atoms with Gasteiger partial charge in [0.25, 0.3) is 0 Å². The van der Waals surface area contributed by atoms with E-state index in [4.69, 9.17) is 18.7 Å². The molecule has 0 atom stereocenters. The van der Waals surface area contributed by atoms with E-state index in [0.29, 0.717) is 29.5 Å². The lowest BCUT2D eigenvalue weighted by Crippen LogP contribution is -2.46. The molecule has 0 aliphatic heterocycles. The summed E-state index contributed by atoms with van der Waals surface area (Å²) < 4.78 is 17.0. The monoisotopic (exact) mass is 235 g/mol. The molecule has 0 saturated heterocycles. The van der Waals surface area contributed by atoms with Crippen LogP contribution in [0.5, 0.6) is 0 Å². The minimum Gasteiger partial charge on any atom is -0.415 e. The fourth-order valence-electron chi connectivity index (χ4n) is 1.21. The highest BCUT2D eigenvalue weighted by molar-refractivity contribution is 6.65. The van der Waals surface area contributed by atoms with Gasteiger partial charge in [0.15, 0.2) is 0 Å². The second kappa shape index (κ2) is 8.57. The zero-order valence-electron chi connectivity index (χ0n) is 9.34. The lowest BCUT2D eigenvalue weighted by Gasteiger charge is -2.28. The van der Waals surface area contributed by atoms with E-state index < -0.39 is 8.80 Å². The van der Waals surface area contributed by atoms with Crippen molar-refractivity contribution in [3.63, 3.8) is 0 Å². The molecule has 2 radical (unpaired) electrons. The molecule has 0 spiro atoms. The molecule has 0 heterocycles. The largest absolute Gasteiger partial charge is 0.490 e. The van der Waals surface area contributed by atoms with Crippen LogP contribution >= 0.6 is 0 Å². The molecule has 0 aliphatic carbocycles. The highest BCUT2D eigenvalue weighted by Crippen LogP contribution is 2.16. The number of hydrogen-bond donors (Lipinski definition) is 1. The lowest BCUT2D eigenvalue weighted by molar-refractivity contribution is 0.118. The van der Waals surface area contributed by atoms with Crippen LogP contribution in [0.1, 0.15) is 20.3 Å². The lowest BCUT2D eigenvalue weighted by atomic mass is 10.5. The summed E-state index contributed by atoms with van der Waals surface area (Å²) in [5.41, 5.74) is 5.48. The average Bonchev–Trinajstić information content (AvgIpc) is 2.16. The van der Waals surface area contributed by atoms with Crippen LogP contribution in [0.25, 0.3) is 0 Å². The third kappa shape index (κ3) is 5.23. The summed E-state index contributed by atoms with van der Waals surface area (Å²) in [7, 11) is -1.97. The first-order chi connectivity index (χ1) is 6.74. The van der Waals surface area contributed by atoms with Gasteiger partial charge in [-0.15, -0.1) is 0 Å². The first-order valence-electron chi connectivity index (χ1n) is 5.07. The van der Waals surface area contributed by atoms with Gasteiger partial charge in [0.1, 0.15) is 0 Å². The molecule has 0 bridgehead atoms. The molecular weight excluding hydrogens is 214 g/mol. The topological polar surface area (TPSA) is 53.7 Å². The second-order valence-corrected chi connectivity index (χ2v) is 6.42. The van der Waals surface area contributed by atoms with Crippen LogP contribution < -0.4 is 5.73 Å². The molecule has 0 aromatic heterocycles. The highest BCUT2D eigenvalue weighted by atomic mass is 28.4. The Labute approximate surface area is 90.4 Å². The Bertz CT molecular complexity index is 121. The summed E-state index contributed by atoms with van der Waals surface area (Å²) in [5.74, 6) is 0. The molecule has 6 heteroatoms. The van der Waals surface area contributed by atoms with Crippen molar-refractivity contribution in [2.45, 2.75) is 32.9 Å². The molecule has 14 heavy (non-hydrogen) atoms. The van der Waals surface area contributed by atoms with Gasteiger partial charge in [0.2, 0.25) is 9.76 Å². The van der Waals surface area contributed by atoms with Gasteiger partial charge in [-0.3, -0.25) is 0 Å². The van der Waals surface area contributed by atoms with Crippen LogP contribution in [0.15, 0.2) is 0 Å². The van der Waals surface area contributed by atoms with Crippen LogP contribution in [0, 0.1) is 0 Å². The Kier molecular flexibility index (Phi) is 8.74. The van der Waals surface area contributed by atoms with Crippen molar-refractivity contribution >= 4 is 18.6 Å². The predicted octanol–water partition coefficient (Wildman–Crippen LogP) is 1.03. The molecule has 2 N–H and O–H groups in total. The van der Waals surface area contributed by atoms with Gasteiger partial charge in [-0.05, 0) is 33.4 Å². The quantitative estimate of drug-likeness (QED) is 0.607. The summed E-state index contributed by atoms with van der Waals surface area (Å²) in [6.45, 7) is 7.85. The summed E-state index contributed by atoms with van der Waals surface area (Å²) in [5, 5.41) is 0. The van der Waals surface area contributed by atoms with Gasteiger partial charge in [-0.2, -0.15) is 0 Å². The Morgan fingerprint density at radius 2 is 1.79 bits per heavy atom. The smallest absolute Gasteiger partial charge is 0.415 e. The predicted molar refractivity (Wildman–Crippen MR) is 60.2 cm³/mol. The minimum absolute atomic E-state index is 0.411. The standard InChI is InChI=1S/C8H21NO3Si2/c1-4-10-14(11-5-2,12-13-3)8-6-7-9/h4-9H2,1-3H3. The van der Waals surface area contributed by atoms with Crippen LogP contribution in [0.2, 0.25) is 12.6 Å². The van der Waals surface area contributed by atoms with Crippen molar-refractivity contribution in [1.29, 1.82) is 0 Å². The second-order valence-electron chi connectivity index (χ2n) is 2.75. The highest BCUT2D eigenvalue weighted by Gasteiger charge is 2.38. The van der Waals surface area contributed by atoms with Crippen molar-refractivity contribution in [3.8, 4) is 0 Å². The zero-order valence-corrected chi connectivity index (χ0v) is 11.3. The normalized spacial score (nSPS) is 12.0. The summed E-state index contributed by atoms with van der Waals surface area (Å²) >= 11 is 0. The van der Waals surface area contributed by atoms with E-state index in [1.807, 2.05) is 20.4 Å². The molecule has 0 aromatic carbocycles. The van der Waals surface area contributed by atoms with Crippen LogP contribution in [0.4, 0.5) is 0 Å². The summed E-state index contributed by atoms with van der Waals surface area (Å²) in [6.07, 6.45) is 0.900. The fraction of sp³-hybridized carbons (Fsp3) is 1.00. The van der Waals surface area contributed by atoms with Crippen molar-refractivity contribution in [3.05, 3.63) is 0 Å². The molecule has 0 aliphatic rings. The molecule has 0 unspecified atom stereocenters. The molecule has 0 fully saturated rings. The van der Waals surface area contributed by atoms with Crippen LogP contribution in [-0.4, -0.2) is 38.3 Å². The van der Waals surface area contributed by atoms with E-state index >= 15 is 0 Å². The van der Waals surface area contributed by atoms with E-state index in [2.05, 4.69) is 0 Å². The molecule has 0 saturated carbocycles. The van der Waals surface area contributed by atoms with Gasteiger partial charge in [0, 0.05) is 19.3 Å². The Morgan fingerprint density at radius 3 is 2.14 bits per heavy atom. The molecule has 84 valence electrons. The van der Waals surface area contributed by atoms with E-state index in [-0.39, 0.29) is 0 Å². The van der Waals surface area contributed by atoms with Crippen molar-refractivity contribution in [2.75, 3.05) is 19.8 Å². The van der Waals surface area contributed by atoms with E-state index in [1.165, 1.54) is 0 Å². The molecule has 0 aromatic rings. The first-order valence-corrected chi connectivity index (χ1v) is 8.41. The zero-order chi connectivity index (χ0) is 10.9. The van der Waals surface area contributed by atoms with E-state index in [9.17, 15) is 0 Å². The van der Waals surface area contributed by atoms with Crippen LogP contribution in [-0.2, 0) is 13.0 Å². The van der Waals surface area contributed by atoms with Gasteiger partial charge in [0.05, 0.1) is 0 Å². The summed E-state index contributed by atoms with van der Waals surface area (Å²) in [4.78, 5) is 0. The maximum atomic E-state index is 5.68. The molecular formula is C8H21NO3Si2. The Morgan fingerprint density at radius 1 is 1.21 bits per heavy atom. The fourth-order valence-corrected chi connectivity index (χ4v) is 5.22. The maximum absolute atomic E-state index is 5.68. The third-order valence-electron chi connectivity index (χ3n) is 1.67. The minimum atomic E-state index is -2.38. The van der Waals surface area contributed by atoms with Gasteiger partial charge in [-0.1, -0.05) is 0 Å². The van der Waals surface area contributed by atoms with Crippen molar-refractivity contribution in [1.82, 2.24) is 0 Å². The van der Waals surface area contributed by atoms with Crippen molar-refractivity contribution < 1.29 is 13.0 Å². The number of rotatable bonds is 9. The van der Waals surface area contributed by atoms with E-state index in [0.717, 1.165) is 12.5 Å². The Hall–Kier alpha value is 0.274. The Balaban J connectivity index is 4.21. The third-order valence-corrected chi connectivity index (χ3v) is 6.16. The molecule has 4 nitrogen and oxygen atoms in total. The van der Waals surface area contributed by atoms with Gasteiger partial charge in [-0.25, -0.2) is 0 Å². The number of nitrogens with two attached hydrogens (primary N) is 1. The SMILES string of the molecule is CCO[Si](CCCN)(OCC)O[Si]C. The van der Waals surface area contributed by atoms with Crippen molar-refractivity contribution in [2.24, 2.45) is 5.73 Å². The first kappa shape index (κ1) is 14.3. The maximum Gasteiger partial charge on any atom is 0.490 e. The van der Waals surface area contributed by atoms with Crippen LogP contribution in [0.3, 0.4) is 0 Å². The average molecular weight is 235 g/mol. The molecule has 0 amide bonds. The van der Waals surface area contributed by atoms with Gasteiger partial charge < -0.3 is 18.7 Å². The summed E-state index contributed by atoms with van der Waals surface area (Å²) in [6, 6.07) is 0.825. The number of hydrogen-bond acceptors (Lipinski definition) is 4. The van der Waals surface area contributed by atoms with Gasteiger partial charge >= 0.3 is 8.80 Å².